The number of carbonyl (C=O) groups excluding carboxylic acids is 1. The number of nitrogens with zero attached hydrogens (tertiary/aromatic N) is 3. The third kappa shape index (κ3) is 2.78. The van der Waals surface area contributed by atoms with E-state index in [1.807, 2.05) is 0 Å². The Morgan fingerprint density at radius 1 is 1.17 bits per heavy atom. The quantitative estimate of drug-likeness (QED) is 0.740. The van der Waals surface area contributed by atoms with Crippen LogP contribution in [0.15, 0.2) is 30.3 Å². The molecule has 1 aromatic carbocycles. The molecule has 0 aliphatic carbocycles. The molecule has 0 atom stereocenters. The Kier molecular flexibility index (Phi) is 3.89. The van der Waals surface area contributed by atoms with Gasteiger partial charge in [0.05, 0.1) is 5.69 Å². The van der Waals surface area contributed by atoms with E-state index in [1.165, 1.54) is 24.3 Å². The Labute approximate surface area is 142 Å². The Bertz CT molecular complexity index is 951. The maximum atomic E-state index is 13.4. The van der Waals surface area contributed by atoms with E-state index < -0.39 is 23.5 Å². The third-order valence-electron chi connectivity index (χ3n) is 3.20. The van der Waals surface area contributed by atoms with Crippen LogP contribution in [0, 0.1) is 0 Å². The van der Waals surface area contributed by atoms with Gasteiger partial charge in [-0.3, -0.25) is 4.79 Å². The van der Waals surface area contributed by atoms with Crippen LogP contribution < -0.4 is 5.73 Å². The minimum absolute atomic E-state index is 0.00399. The van der Waals surface area contributed by atoms with Crippen LogP contribution in [0.2, 0.25) is 10.0 Å². The highest BCUT2D eigenvalue weighted by Gasteiger charge is 2.36. The van der Waals surface area contributed by atoms with E-state index in [9.17, 15) is 18.0 Å². The summed E-state index contributed by atoms with van der Waals surface area (Å²) in [4.78, 5) is 15.4. The number of hydrogen-bond donors (Lipinski definition) is 1. The van der Waals surface area contributed by atoms with Gasteiger partial charge in [-0.25, -0.2) is 9.50 Å². The molecule has 3 rings (SSSR count). The highest BCUT2D eigenvalue weighted by atomic mass is 35.5. The van der Waals surface area contributed by atoms with Gasteiger partial charge in [-0.1, -0.05) is 35.3 Å². The average Bonchev–Trinajstić information content (AvgIpc) is 2.83. The van der Waals surface area contributed by atoms with E-state index in [1.54, 1.807) is 0 Å². The molecule has 0 fully saturated rings. The second-order valence-electron chi connectivity index (χ2n) is 4.79. The highest BCUT2D eigenvalue weighted by Crippen LogP contribution is 2.34. The van der Waals surface area contributed by atoms with Gasteiger partial charge in [-0.15, -0.1) is 0 Å². The predicted molar refractivity (Wildman–Crippen MR) is 82.0 cm³/mol. The second-order valence-corrected chi connectivity index (χ2v) is 5.61. The SMILES string of the molecule is NC(=O)c1nn2c(C(F)(F)F)cc(-c3ccc(Cl)cc3)nc2c1Cl. The van der Waals surface area contributed by atoms with Crippen molar-refractivity contribution in [2.45, 2.75) is 6.18 Å². The number of rotatable bonds is 2. The number of hydrogen-bond acceptors (Lipinski definition) is 3. The summed E-state index contributed by atoms with van der Waals surface area (Å²) < 4.78 is 40.5. The zero-order valence-corrected chi connectivity index (χ0v) is 13.1. The van der Waals surface area contributed by atoms with Crippen LogP contribution in [0.5, 0.6) is 0 Å². The molecule has 10 heteroatoms. The van der Waals surface area contributed by atoms with Crippen molar-refractivity contribution in [2.24, 2.45) is 5.73 Å². The van der Waals surface area contributed by atoms with Crippen LogP contribution in [0.1, 0.15) is 16.2 Å². The summed E-state index contributed by atoms with van der Waals surface area (Å²) in [6, 6.07) is 6.87. The molecule has 0 aliphatic rings. The number of alkyl halides is 3. The van der Waals surface area contributed by atoms with Crippen molar-refractivity contribution in [3.63, 3.8) is 0 Å². The average molecular weight is 375 g/mol. The van der Waals surface area contributed by atoms with E-state index >= 15 is 0 Å². The zero-order valence-electron chi connectivity index (χ0n) is 11.6. The fraction of sp³-hybridized carbons (Fsp3) is 0.0714. The smallest absolute Gasteiger partial charge is 0.364 e. The van der Waals surface area contributed by atoms with Gasteiger partial charge in [-0.2, -0.15) is 18.3 Å². The lowest BCUT2D eigenvalue weighted by molar-refractivity contribution is -0.142. The number of amides is 1. The van der Waals surface area contributed by atoms with Crippen LogP contribution in [0.3, 0.4) is 0 Å². The lowest BCUT2D eigenvalue weighted by Crippen LogP contribution is -2.15. The fourth-order valence-corrected chi connectivity index (χ4v) is 2.50. The summed E-state index contributed by atoms with van der Waals surface area (Å²) in [5.74, 6) is -1.05. The standard InChI is InChI=1S/C14H7Cl2F3N4O/c15-7-3-1-6(2-4-7)8-5-9(14(17,18)19)23-13(21-8)10(16)11(22-23)12(20)24/h1-5H,(H2,20,24). The van der Waals surface area contributed by atoms with Crippen LogP contribution in [-0.2, 0) is 6.18 Å². The van der Waals surface area contributed by atoms with Gasteiger partial charge < -0.3 is 5.73 Å². The van der Waals surface area contributed by atoms with Crippen LogP contribution >= 0.6 is 23.2 Å². The van der Waals surface area contributed by atoms with Gasteiger partial charge in [0.2, 0.25) is 0 Å². The lowest BCUT2D eigenvalue weighted by atomic mass is 10.1. The molecule has 0 bridgehead atoms. The van der Waals surface area contributed by atoms with Gasteiger partial charge in [0.15, 0.2) is 17.0 Å². The molecule has 5 nitrogen and oxygen atoms in total. The van der Waals surface area contributed by atoms with Crippen LogP contribution in [0.25, 0.3) is 16.9 Å². The molecule has 0 spiro atoms. The first-order chi connectivity index (χ1) is 11.2. The van der Waals surface area contributed by atoms with Crippen molar-refractivity contribution in [1.29, 1.82) is 0 Å². The van der Waals surface area contributed by atoms with Gasteiger partial charge in [-0.05, 0) is 18.2 Å². The van der Waals surface area contributed by atoms with Crippen LogP contribution in [-0.4, -0.2) is 20.5 Å². The minimum Gasteiger partial charge on any atom is -0.364 e. The maximum absolute atomic E-state index is 13.4. The Morgan fingerprint density at radius 2 is 1.79 bits per heavy atom. The highest BCUT2D eigenvalue weighted by molar-refractivity contribution is 6.36. The van der Waals surface area contributed by atoms with Crippen molar-refractivity contribution in [2.75, 3.05) is 0 Å². The molecule has 0 saturated heterocycles. The molecule has 0 aliphatic heterocycles. The molecule has 0 radical (unpaired) electrons. The van der Waals surface area contributed by atoms with Gasteiger partial charge in [0, 0.05) is 10.6 Å². The van der Waals surface area contributed by atoms with Crippen molar-refractivity contribution < 1.29 is 18.0 Å². The number of halogens is 5. The van der Waals surface area contributed by atoms with E-state index in [2.05, 4.69) is 10.1 Å². The summed E-state index contributed by atoms with van der Waals surface area (Å²) in [6.07, 6.45) is -4.74. The predicted octanol–water partition coefficient (Wildman–Crippen LogP) is 3.82. The molecule has 0 unspecified atom stereocenters. The monoisotopic (exact) mass is 374 g/mol. The summed E-state index contributed by atoms with van der Waals surface area (Å²) >= 11 is 11.7. The molecule has 2 N–H and O–H groups in total. The van der Waals surface area contributed by atoms with Gasteiger partial charge in [0.1, 0.15) is 5.02 Å². The molecule has 3 aromatic rings. The van der Waals surface area contributed by atoms with Crippen molar-refractivity contribution >= 4 is 34.8 Å². The molecule has 124 valence electrons. The van der Waals surface area contributed by atoms with Crippen molar-refractivity contribution in [3.05, 3.63) is 51.8 Å². The lowest BCUT2D eigenvalue weighted by Gasteiger charge is -2.11. The molecular weight excluding hydrogens is 368 g/mol. The maximum Gasteiger partial charge on any atom is 0.433 e. The van der Waals surface area contributed by atoms with Crippen molar-refractivity contribution in [1.82, 2.24) is 14.6 Å². The first-order valence-electron chi connectivity index (χ1n) is 6.40. The van der Waals surface area contributed by atoms with Crippen LogP contribution in [0.4, 0.5) is 13.2 Å². The van der Waals surface area contributed by atoms with Crippen molar-refractivity contribution in [3.8, 4) is 11.3 Å². The Balaban J connectivity index is 2.35. The minimum atomic E-state index is -4.74. The van der Waals surface area contributed by atoms with E-state index in [0.29, 0.717) is 15.1 Å². The number of fused-ring (bicyclic) bond motifs is 1. The zero-order chi connectivity index (χ0) is 17.6. The topological polar surface area (TPSA) is 73.3 Å². The molecular formula is C14H7Cl2F3N4O. The molecule has 2 heterocycles. The molecule has 1 amide bonds. The molecule has 24 heavy (non-hydrogen) atoms. The number of aromatic nitrogens is 3. The summed E-state index contributed by atoms with van der Waals surface area (Å²) in [6.45, 7) is 0. The van der Waals surface area contributed by atoms with Gasteiger partial charge in [0.25, 0.3) is 5.91 Å². The van der Waals surface area contributed by atoms with E-state index in [0.717, 1.165) is 6.07 Å². The summed E-state index contributed by atoms with van der Waals surface area (Å²) in [7, 11) is 0. The van der Waals surface area contributed by atoms with E-state index in [-0.39, 0.29) is 16.4 Å². The fourth-order valence-electron chi connectivity index (χ4n) is 2.12. The summed E-state index contributed by atoms with van der Waals surface area (Å²) in [5, 5.41) is 3.62. The Hall–Kier alpha value is -2.32. The largest absolute Gasteiger partial charge is 0.433 e. The Morgan fingerprint density at radius 3 is 2.33 bits per heavy atom. The summed E-state index contributed by atoms with van der Waals surface area (Å²) in [5.41, 5.74) is 3.55. The second kappa shape index (κ2) is 5.64. The number of carbonyl (C=O) groups is 1. The molecule has 0 saturated carbocycles. The number of primary amides is 1. The molecule has 2 aromatic heterocycles. The van der Waals surface area contributed by atoms with Gasteiger partial charge >= 0.3 is 6.18 Å². The normalized spacial score (nSPS) is 11.9. The first-order valence-corrected chi connectivity index (χ1v) is 7.16. The number of benzene rings is 1. The third-order valence-corrected chi connectivity index (χ3v) is 3.80. The number of nitrogens with two attached hydrogens (primary N) is 1. The van der Waals surface area contributed by atoms with E-state index in [4.69, 9.17) is 28.9 Å². The first kappa shape index (κ1) is 16.5.